The van der Waals surface area contributed by atoms with Gasteiger partial charge in [0.25, 0.3) is 0 Å². The van der Waals surface area contributed by atoms with Crippen LogP contribution in [0, 0.1) is 6.92 Å². The summed E-state index contributed by atoms with van der Waals surface area (Å²) in [7, 11) is 0. The first-order valence-corrected chi connectivity index (χ1v) is 9.36. The standard InChI is InChI=1S/C22H15NO3S/c1-12-16-10-19(22(25)26-14-6-4-5-13(24)9-14)23-18(16)11-17-15-7-2-3-8-20(15)27-21(12)17/h2-11,23-24H,1H3. The first kappa shape index (κ1) is 15.9. The van der Waals surface area contributed by atoms with Gasteiger partial charge in [-0.3, -0.25) is 0 Å². The summed E-state index contributed by atoms with van der Waals surface area (Å²) in [5.74, 6) is -0.119. The molecule has 0 saturated heterocycles. The van der Waals surface area contributed by atoms with Gasteiger partial charge in [-0.25, -0.2) is 4.79 Å². The molecule has 132 valence electrons. The van der Waals surface area contributed by atoms with E-state index in [0.717, 1.165) is 16.5 Å². The van der Waals surface area contributed by atoms with Gasteiger partial charge in [0.2, 0.25) is 0 Å². The zero-order chi connectivity index (χ0) is 18.5. The molecule has 3 aromatic carbocycles. The average Bonchev–Trinajstić information content (AvgIpc) is 3.24. The smallest absolute Gasteiger partial charge is 0.360 e. The molecule has 0 unspecified atom stereocenters. The van der Waals surface area contributed by atoms with Crippen LogP contribution in [0.2, 0.25) is 0 Å². The fourth-order valence-corrected chi connectivity index (χ4v) is 4.66. The minimum absolute atomic E-state index is 0.0555. The maximum absolute atomic E-state index is 12.5. The summed E-state index contributed by atoms with van der Waals surface area (Å²) >= 11 is 1.77. The number of aryl methyl sites for hydroxylation is 1. The summed E-state index contributed by atoms with van der Waals surface area (Å²) in [6, 6.07) is 18.5. The van der Waals surface area contributed by atoms with E-state index in [4.69, 9.17) is 4.74 Å². The fourth-order valence-electron chi connectivity index (χ4n) is 3.47. The zero-order valence-electron chi connectivity index (χ0n) is 14.4. The van der Waals surface area contributed by atoms with Crippen LogP contribution < -0.4 is 4.74 Å². The van der Waals surface area contributed by atoms with E-state index in [1.165, 1.54) is 32.3 Å². The van der Waals surface area contributed by atoms with Gasteiger partial charge in [-0.05, 0) is 42.8 Å². The minimum atomic E-state index is -0.482. The number of carbonyl (C=O) groups excluding carboxylic acids is 1. The molecule has 2 aromatic heterocycles. The molecule has 0 aliphatic rings. The highest BCUT2D eigenvalue weighted by Crippen LogP contribution is 2.39. The molecule has 0 amide bonds. The highest BCUT2D eigenvalue weighted by molar-refractivity contribution is 7.26. The monoisotopic (exact) mass is 373 g/mol. The Bertz CT molecular complexity index is 1350. The number of benzene rings is 3. The molecule has 0 aliphatic heterocycles. The first-order chi connectivity index (χ1) is 13.1. The van der Waals surface area contributed by atoms with Crippen LogP contribution >= 0.6 is 11.3 Å². The quantitative estimate of drug-likeness (QED) is 0.305. The van der Waals surface area contributed by atoms with E-state index in [1.807, 2.05) is 18.2 Å². The van der Waals surface area contributed by atoms with Gasteiger partial charge in [-0.2, -0.15) is 0 Å². The number of aromatic nitrogens is 1. The van der Waals surface area contributed by atoms with Gasteiger partial charge in [0, 0.05) is 37.1 Å². The third-order valence-corrected chi connectivity index (χ3v) is 6.07. The largest absolute Gasteiger partial charge is 0.508 e. The number of aromatic amines is 1. The molecule has 5 rings (SSSR count). The Morgan fingerprint density at radius 1 is 1.00 bits per heavy atom. The van der Waals surface area contributed by atoms with Crippen LogP contribution in [0.3, 0.4) is 0 Å². The molecule has 2 N–H and O–H groups in total. The van der Waals surface area contributed by atoms with Crippen molar-refractivity contribution in [3.05, 3.63) is 71.9 Å². The van der Waals surface area contributed by atoms with Crippen molar-refractivity contribution in [1.82, 2.24) is 4.98 Å². The third kappa shape index (κ3) is 2.55. The number of aromatic hydroxyl groups is 1. The van der Waals surface area contributed by atoms with Gasteiger partial charge in [-0.15, -0.1) is 11.3 Å². The summed E-state index contributed by atoms with van der Waals surface area (Å²) in [6.45, 7) is 2.08. The number of phenolic OH excluding ortho intramolecular Hbond substituents is 1. The van der Waals surface area contributed by atoms with Gasteiger partial charge >= 0.3 is 5.97 Å². The number of H-pyrrole nitrogens is 1. The second-order valence-electron chi connectivity index (χ2n) is 6.51. The highest BCUT2D eigenvalue weighted by Gasteiger charge is 2.16. The van der Waals surface area contributed by atoms with Gasteiger partial charge < -0.3 is 14.8 Å². The number of phenols is 1. The summed E-state index contributed by atoms with van der Waals surface area (Å²) in [5.41, 5.74) is 2.45. The van der Waals surface area contributed by atoms with Crippen molar-refractivity contribution in [2.45, 2.75) is 6.92 Å². The maximum Gasteiger partial charge on any atom is 0.360 e. The number of fused-ring (bicyclic) bond motifs is 4. The van der Waals surface area contributed by atoms with Gasteiger partial charge in [-0.1, -0.05) is 24.3 Å². The number of hydrogen-bond donors (Lipinski definition) is 2. The van der Waals surface area contributed by atoms with Crippen LogP contribution in [0.1, 0.15) is 16.1 Å². The first-order valence-electron chi connectivity index (χ1n) is 8.55. The Morgan fingerprint density at radius 2 is 1.85 bits per heavy atom. The Morgan fingerprint density at radius 3 is 2.70 bits per heavy atom. The normalized spacial score (nSPS) is 11.4. The SMILES string of the molecule is Cc1c2cc(C(=O)Oc3cccc(O)c3)[nH]c2cc2c1sc1ccccc12. The van der Waals surface area contributed by atoms with Crippen LogP contribution in [-0.4, -0.2) is 16.1 Å². The molecule has 0 fully saturated rings. The van der Waals surface area contributed by atoms with Gasteiger partial charge in [0.15, 0.2) is 0 Å². The van der Waals surface area contributed by atoms with Crippen molar-refractivity contribution in [3.8, 4) is 11.5 Å². The molecule has 0 aliphatic carbocycles. The lowest BCUT2D eigenvalue weighted by atomic mass is 10.1. The van der Waals surface area contributed by atoms with Crippen molar-refractivity contribution in [2.75, 3.05) is 0 Å². The van der Waals surface area contributed by atoms with Crippen LogP contribution in [0.4, 0.5) is 0 Å². The Kier molecular flexibility index (Phi) is 3.45. The number of rotatable bonds is 2. The molecule has 5 heteroatoms. The van der Waals surface area contributed by atoms with E-state index in [2.05, 4.69) is 30.1 Å². The molecule has 5 aromatic rings. The molecule has 4 nitrogen and oxygen atoms in total. The van der Waals surface area contributed by atoms with E-state index in [0.29, 0.717) is 11.4 Å². The lowest BCUT2D eigenvalue weighted by Gasteiger charge is -2.02. The predicted octanol–water partition coefficient (Wildman–Crippen LogP) is 5.77. The predicted molar refractivity (Wildman–Crippen MR) is 109 cm³/mol. The molecule has 0 radical (unpaired) electrons. The average molecular weight is 373 g/mol. The number of esters is 1. The molecular weight excluding hydrogens is 358 g/mol. The summed E-state index contributed by atoms with van der Waals surface area (Å²) in [4.78, 5) is 15.7. The lowest BCUT2D eigenvalue weighted by molar-refractivity contribution is 0.0729. The fraction of sp³-hybridized carbons (Fsp3) is 0.0455. The second kappa shape index (κ2) is 5.86. The Balaban J connectivity index is 1.61. The number of ether oxygens (including phenoxy) is 1. The van der Waals surface area contributed by atoms with Crippen molar-refractivity contribution >= 4 is 48.4 Å². The van der Waals surface area contributed by atoms with Crippen LogP contribution in [-0.2, 0) is 0 Å². The molecule has 0 saturated carbocycles. The molecular formula is C22H15NO3S. The zero-order valence-corrected chi connectivity index (χ0v) is 15.3. The highest BCUT2D eigenvalue weighted by atomic mass is 32.1. The Labute approximate surface area is 158 Å². The molecule has 27 heavy (non-hydrogen) atoms. The van der Waals surface area contributed by atoms with E-state index in [-0.39, 0.29) is 5.75 Å². The van der Waals surface area contributed by atoms with E-state index in [1.54, 1.807) is 23.5 Å². The summed E-state index contributed by atoms with van der Waals surface area (Å²) in [5, 5.41) is 12.9. The Hall–Kier alpha value is -3.31. The van der Waals surface area contributed by atoms with Crippen molar-refractivity contribution in [2.24, 2.45) is 0 Å². The number of thiophene rings is 1. The lowest BCUT2D eigenvalue weighted by Crippen LogP contribution is -2.08. The topological polar surface area (TPSA) is 62.3 Å². The second-order valence-corrected chi connectivity index (χ2v) is 7.56. The van der Waals surface area contributed by atoms with E-state index >= 15 is 0 Å². The maximum atomic E-state index is 12.5. The number of hydrogen-bond acceptors (Lipinski definition) is 4. The van der Waals surface area contributed by atoms with Gasteiger partial charge in [0.1, 0.15) is 17.2 Å². The molecule has 0 atom stereocenters. The van der Waals surface area contributed by atoms with E-state index in [9.17, 15) is 9.90 Å². The molecule has 0 spiro atoms. The van der Waals surface area contributed by atoms with Crippen LogP contribution in [0.25, 0.3) is 31.1 Å². The summed E-state index contributed by atoms with van der Waals surface area (Å²) < 4.78 is 7.86. The molecule has 0 bridgehead atoms. The summed E-state index contributed by atoms with van der Waals surface area (Å²) in [6.07, 6.45) is 0. The van der Waals surface area contributed by atoms with Crippen LogP contribution in [0.15, 0.2) is 60.7 Å². The minimum Gasteiger partial charge on any atom is -0.508 e. The van der Waals surface area contributed by atoms with Crippen molar-refractivity contribution in [3.63, 3.8) is 0 Å². The number of carbonyl (C=O) groups is 1. The number of nitrogens with one attached hydrogen (secondary N) is 1. The third-order valence-electron chi connectivity index (χ3n) is 4.76. The van der Waals surface area contributed by atoms with E-state index < -0.39 is 5.97 Å². The molecule has 2 heterocycles. The van der Waals surface area contributed by atoms with Crippen LogP contribution in [0.5, 0.6) is 11.5 Å². The van der Waals surface area contributed by atoms with Gasteiger partial charge in [0.05, 0.1) is 0 Å². The van der Waals surface area contributed by atoms with Crippen molar-refractivity contribution in [1.29, 1.82) is 0 Å². The van der Waals surface area contributed by atoms with Crippen molar-refractivity contribution < 1.29 is 14.6 Å².